The molecule has 1 fully saturated rings. The second kappa shape index (κ2) is 10.3. The van der Waals surface area contributed by atoms with Crippen LogP contribution in [0.25, 0.3) is 0 Å². The molecule has 0 radical (unpaired) electrons. The van der Waals surface area contributed by atoms with E-state index in [2.05, 4.69) is 12.2 Å². The summed E-state index contributed by atoms with van der Waals surface area (Å²) >= 11 is 0. The Bertz CT molecular complexity index is 594. The molecule has 0 saturated carbocycles. The van der Waals surface area contributed by atoms with Gasteiger partial charge in [0, 0.05) is 37.7 Å². The highest BCUT2D eigenvalue weighted by atomic mass is 35.5. The molecular formula is C18H27ClN2O4. The number of nitrogens with zero attached hydrogens (tertiary/aromatic N) is 1. The Balaban J connectivity index is 0.00000312. The SMILES string of the molecule is COc1cc(C(C)=O)ccc1OCCCC(=O)N1CCNC(C)C1.Cl. The first-order valence-electron chi connectivity index (χ1n) is 8.34. The van der Waals surface area contributed by atoms with E-state index >= 15 is 0 Å². The molecule has 1 aromatic carbocycles. The standard InChI is InChI=1S/C18H26N2O4.ClH/c1-13-12-20(9-8-19-13)18(22)5-4-10-24-16-7-6-15(14(2)21)11-17(16)23-3;/h6-7,11,13,19H,4-5,8-10,12H2,1-3H3;1H. The quantitative estimate of drug-likeness (QED) is 0.589. The van der Waals surface area contributed by atoms with Gasteiger partial charge in [0.05, 0.1) is 13.7 Å². The van der Waals surface area contributed by atoms with Crippen molar-refractivity contribution >= 4 is 24.1 Å². The fourth-order valence-corrected chi connectivity index (χ4v) is 2.73. The molecule has 0 aromatic heterocycles. The minimum atomic E-state index is -0.0179. The molecule has 1 amide bonds. The molecule has 0 aliphatic carbocycles. The van der Waals surface area contributed by atoms with Gasteiger partial charge in [-0.3, -0.25) is 9.59 Å². The summed E-state index contributed by atoms with van der Waals surface area (Å²) in [6.45, 7) is 6.41. The first kappa shape index (κ1) is 21.3. The van der Waals surface area contributed by atoms with Crippen molar-refractivity contribution < 1.29 is 19.1 Å². The maximum Gasteiger partial charge on any atom is 0.222 e. The zero-order valence-electron chi connectivity index (χ0n) is 15.0. The van der Waals surface area contributed by atoms with Crippen molar-refractivity contribution in [3.05, 3.63) is 23.8 Å². The highest BCUT2D eigenvalue weighted by molar-refractivity contribution is 5.94. The number of nitrogens with one attached hydrogen (secondary N) is 1. The summed E-state index contributed by atoms with van der Waals surface area (Å²) in [5.41, 5.74) is 0.585. The number of benzene rings is 1. The zero-order valence-corrected chi connectivity index (χ0v) is 15.9. The molecule has 6 nitrogen and oxygen atoms in total. The van der Waals surface area contributed by atoms with Gasteiger partial charge in [0.15, 0.2) is 17.3 Å². The molecule has 1 unspecified atom stereocenters. The van der Waals surface area contributed by atoms with Crippen molar-refractivity contribution in [3.8, 4) is 11.5 Å². The van der Waals surface area contributed by atoms with Crippen LogP contribution >= 0.6 is 12.4 Å². The van der Waals surface area contributed by atoms with Crippen LogP contribution in [0.15, 0.2) is 18.2 Å². The maximum absolute atomic E-state index is 12.2. The number of ether oxygens (including phenoxy) is 2. The van der Waals surface area contributed by atoms with Crippen LogP contribution < -0.4 is 14.8 Å². The maximum atomic E-state index is 12.2. The molecule has 25 heavy (non-hydrogen) atoms. The molecular weight excluding hydrogens is 344 g/mol. The van der Waals surface area contributed by atoms with Crippen molar-refractivity contribution in [2.45, 2.75) is 32.7 Å². The van der Waals surface area contributed by atoms with E-state index in [0.29, 0.717) is 42.6 Å². The van der Waals surface area contributed by atoms with Crippen molar-refractivity contribution in [2.24, 2.45) is 0 Å². The minimum Gasteiger partial charge on any atom is -0.493 e. The molecule has 1 heterocycles. The minimum absolute atomic E-state index is 0. The molecule has 2 rings (SSSR count). The van der Waals surface area contributed by atoms with E-state index in [4.69, 9.17) is 9.47 Å². The first-order valence-corrected chi connectivity index (χ1v) is 8.34. The predicted molar refractivity (Wildman–Crippen MR) is 99.0 cm³/mol. The van der Waals surface area contributed by atoms with Crippen molar-refractivity contribution in [1.82, 2.24) is 10.2 Å². The van der Waals surface area contributed by atoms with E-state index in [1.807, 2.05) is 4.90 Å². The van der Waals surface area contributed by atoms with Crippen LogP contribution in [0.4, 0.5) is 0 Å². The number of carbonyl (C=O) groups excluding carboxylic acids is 2. The van der Waals surface area contributed by atoms with Crippen LogP contribution in [-0.2, 0) is 4.79 Å². The number of Topliss-reactive ketones (excluding diaryl/α,β-unsaturated/α-hetero) is 1. The van der Waals surface area contributed by atoms with Crippen LogP contribution in [0.1, 0.15) is 37.0 Å². The van der Waals surface area contributed by atoms with E-state index in [0.717, 1.165) is 19.6 Å². The number of piperazine rings is 1. The topological polar surface area (TPSA) is 67.9 Å². The van der Waals surface area contributed by atoms with Gasteiger partial charge < -0.3 is 19.7 Å². The summed E-state index contributed by atoms with van der Waals surface area (Å²) in [6.07, 6.45) is 1.12. The first-order chi connectivity index (χ1) is 11.5. The smallest absolute Gasteiger partial charge is 0.222 e. The summed E-state index contributed by atoms with van der Waals surface area (Å²) in [5, 5.41) is 3.32. The summed E-state index contributed by atoms with van der Waals surface area (Å²) in [5.74, 6) is 1.28. The van der Waals surface area contributed by atoms with E-state index in [-0.39, 0.29) is 24.1 Å². The third kappa shape index (κ3) is 6.21. The number of halogens is 1. The Kier molecular flexibility index (Phi) is 8.72. The molecule has 1 N–H and O–H groups in total. The van der Waals surface area contributed by atoms with Crippen LogP contribution in [0.5, 0.6) is 11.5 Å². The highest BCUT2D eigenvalue weighted by Gasteiger charge is 2.19. The molecule has 1 saturated heterocycles. The van der Waals surface area contributed by atoms with E-state index in [1.54, 1.807) is 25.3 Å². The average molecular weight is 371 g/mol. The Hall–Kier alpha value is -1.79. The number of rotatable bonds is 7. The second-order valence-electron chi connectivity index (χ2n) is 6.07. The molecule has 7 heteroatoms. The summed E-state index contributed by atoms with van der Waals surface area (Å²) in [7, 11) is 1.54. The second-order valence-corrected chi connectivity index (χ2v) is 6.07. The van der Waals surface area contributed by atoms with Gasteiger partial charge in [-0.05, 0) is 38.5 Å². The van der Waals surface area contributed by atoms with Gasteiger partial charge >= 0.3 is 0 Å². The van der Waals surface area contributed by atoms with Gasteiger partial charge in [-0.2, -0.15) is 0 Å². The lowest BCUT2D eigenvalue weighted by atomic mass is 10.1. The fourth-order valence-electron chi connectivity index (χ4n) is 2.73. The van der Waals surface area contributed by atoms with Gasteiger partial charge in [0.25, 0.3) is 0 Å². The van der Waals surface area contributed by atoms with E-state index < -0.39 is 0 Å². The lowest BCUT2D eigenvalue weighted by Crippen LogP contribution is -2.51. The molecule has 0 bridgehead atoms. The number of hydrogen-bond acceptors (Lipinski definition) is 5. The summed E-state index contributed by atoms with van der Waals surface area (Å²) in [4.78, 5) is 25.5. The number of amides is 1. The highest BCUT2D eigenvalue weighted by Crippen LogP contribution is 2.28. The molecule has 140 valence electrons. The van der Waals surface area contributed by atoms with E-state index in [9.17, 15) is 9.59 Å². The summed E-state index contributed by atoms with van der Waals surface area (Å²) < 4.78 is 11.0. The van der Waals surface area contributed by atoms with Crippen molar-refractivity contribution in [2.75, 3.05) is 33.4 Å². The molecule has 0 spiro atoms. The molecule has 1 aromatic rings. The third-order valence-electron chi connectivity index (χ3n) is 4.08. The fraction of sp³-hybridized carbons (Fsp3) is 0.556. The van der Waals surface area contributed by atoms with Gasteiger partial charge in [0.2, 0.25) is 5.91 Å². The number of carbonyl (C=O) groups is 2. The number of methoxy groups -OCH3 is 1. The Morgan fingerprint density at radius 1 is 1.32 bits per heavy atom. The van der Waals surface area contributed by atoms with Crippen molar-refractivity contribution in [3.63, 3.8) is 0 Å². The number of hydrogen-bond donors (Lipinski definition) is 1. The monoisotopic (exact) mass is 370 g/mol. The van der Waals surface area contributed by atoms with Gasteiger partial charge in [0.1, 0.15) is 0 Å². The van der Waals surface area contributed by atoms with Crippen molar-refractivity contribution in [1.29, 1.82) is 0 Å². The Labute approximate surface area is 155 Å². The zero-order chi connectivity index (χ0) is 17.5. The Morgan fingerprint density at radius 3 is 2.72 bits per heavy atom. The predicted octanol–water partition coefficient (Wildman–Crippen LogP) is 2.30. The molecule has 1 aliphatic rings. The third-order valence-corrected chi connectivity index (χ3v) is 4.08. The average Bonchev–Trinajstić information content (AvgIpc) is 2.58. The van der Waals surface area contributed by atoms with Crippen LogP contribution in [0.3, 0.4) is 0 Å². The van der Waals surface area contributed by atoms with Gasteiger partial charge in [-0.15, -0.1) is 12.4 Å². The Morgan fingerprint density at radius 2 is 2.08 bits per heavy atom. The van der Waals surface area contributed by atoms with Gasteiger partial charge in [-0.1, -0.05) is 0 Å². The lowest BCUT2D eigenvalue weighted by molar-refractivity contribution is -0.132. The number of ketones is 1. The van der Waals surface area contributed by atoms with E-state index in [1.165, 1.54) is 6.92 Å². The lowest BCUT2D eigenvalue weighted by Gasteiger charge is -2.32. The normalized spacial score (nSPS) is 16.8. The molecule has 1 atom stereocenters. The molecule has 1 aliphatic heterocycles. The van der Waals surface area contributed by atoms with Crippen LogP contribution in [0, 0.1) is 0 Å². The largest absolute Gasteiger partial charge is 0.493 e. The summed E-state index contributed by atoms with van der Waals surface area (Å²) in [6, 6.07) is 5.47. The van der Waals surface area contributed by atoms with Crippen LogP contribution in [0.2, 0.25) is 0 Å². The van der Waals surface area contributed by atoms with Crippen LogP contribution in [-0.4, -0.2) is 56.0 Å². The van der Waals surface area contributed by atoms with Gasteiger partial charge in [-0.25, -0.2) is 0 Å².